The Hall–Kier alpha value is -11.3. The third-order valence-electron chi connectivity index (χ3n) is 20.9. The summed E-state index contributed by atoms with van der Waals surface area (Å²) in [6.45, 7) is -0.814. The minimum Gasteiger partial charge on any atom is -0.481 e. The Kier molecular flexibility index (Phi) is 31.7. The van der Waals surface area contributed by atoms with Crippen molar-refractivity contribution in [1.82, 2.24) is 55.1 Å². The molecule has 4 fully saturated rings. The molecule has 10 atom stereocenters. The molecule has 622 valence electrons. The van der Waals surface area contributed by atoms with Crippen LogP contribution in [0.3, 0.4) is 0 Å². The van der Waals surface area contributed by atoms with Crippen molar-refractivity contribution in [3.8, 4) is 0 Å². The number of amides is 10. The number of aliphatic carboxylic acids is 6. The smallest absolute Gasteiger partial charge is 0.419 e. The summed E-state index contributed by atoms with van der Waals surface area (Å²) in [7, 11) is 0. The largest absolute Gasteiger partial charge is 0.481 e. The summed E-state index contributed by atoms with van der Waals surface area (Å²) >= 11 is 0. The normalized spacial score (nSPS) is 22.2. The van der Waals surface area contributed by atoms with Gasteiger partial charge in [-0.15, -0.1) is 0 Å². The Morgan fingerprint density at radius 3 is 1.63 bits per heavy atom. The molecule has 7 heterocycles. The zero-order valence-corrected chi connectivity index (χ0v) is 63.5. The molecule has 2 unspecified atom stereocenters. The van der Waals surface area contributed by atoms with Gasteiger partial charge in [-0.3, -0.25) is 72.9 Å². The lowest BCUT2D eigenvalue weighted by atomic mass is 9.95. The molecule has 115 heavy (non-hydrogen) atoms. The maximum atomic E-state index is 15.3. The van der Waals surface area contributed by atoms with Crippen LogP contribution >= 0.6 is 0 Å². The highest BCUT2D eigenvalue weighted by Crippen LogP contribution is 2.32. The molecule has 10 amide bonds. The predicted octanol–water partition coefficient (Wildman–Crippen LogP) is 0.133. The third-order valence-corrected chi connectivity index (χ3v) is 20.9. The third kappa shape index (κ3) is 25.3. The van der Waals surface area contributed by atoms with Gasteiger partial charge in [0.2, 0.25) is 35.4 Å². The van der Waals surface area contributed by atoms with Gasteiger partial charge in [-0.25, -0.2) is 33.8 Å². The van der Waals surface area contributed by atoms with Crippen LogP contribution in [0.15, 0.2) is 91.0 Å². The minimum atomic E-state index is -2.57. The maximum Gasteiger partial charge on any atom is 0.419 e. The second-order valence-electron chi connectivity index (χ2n) is 29.2. The first-order chi connectivity index (χ1) is 54.9. The quantitative estimate of drug-likeness (QED) is 0.0353. The Bertz CT molecular complexity index is 4160. The maximum absolute atomic E-state index is 15.3. The number of anilines is 2. The van der Waals surface area contributed by atoms with Crippen LogP contribution in [-0.4, -0.2) is 319 Å². The number of hydrogen-bond donors (Lipinski definition) is 13. The first kappa shape index (κ1) is 87.6. The number of carbonyl (C=O) groups excluding carboxylic acids is 9. The van der Waals surface area contributed by atoms with Gasteiger partial charge in [0.25, 0.3) is 0 Å². The molecule has 1 saturated carbocycles. The second-order valence-corrected chi connectivity index (χ2v) is 29.2. The number of fused-ring (bicyclic) bond motifs is 1. The van der Waals surface area contributed by atoms with Crippen LogP contribution in [0.2, 0.25) is 0 Å². The van der Waals surface area contributed by atoms with E-state index in [0.29, 0.717) is 31.2 Å². The number of nitrogens with zero attached hydrogens (tertiary/aromatic N) is 8. The van der Waals surface area contributed by atoms with Gasteiger partial charge >= 0.3 is 54.0 Å². The van der Waals surface area contributed by atoms with E-state index in [1.54, 1.807) is 25.7 Å². The highest BCUT2D eigenvalue weighted by molar-refractivity contribution is 6.04. The first-order valence-corrected chi connectivity index (χ1v) is 37.8. The van der Waals surface area contributed by atoms with Crippen LogP contribution in [0.25, 0.3) is 10.8 Å². The SMILES string of the molecule is C[C@@H](N)C(=O)N1CC2C[C@H]1C(=O)Nc1ccc(cc1)COC(=O)N([C@@H](CNC(=O)[C@H](Cc1ccc3ccccc3c1)NCOC1CC[C@@H](CNC(=O)CN3CCN(CC(=O)O)CCN(CC(=O)O)CCN(CC(=O)O)CC3)C1)C(=O)O)C(=O)N([C@@H](CCC(=O)O)C(=O)O)C(=O)OCc1ccc(cc1)NC(=O)[C@@H]1CCCN1C(=O)[C@@H]2N. The number of ether oxygens (including phenoxy) is 3. The molecule has 0 radical (unpaired) electrons. The lowest BCUT2D eigenvalue weighted by Crippen LogP contribution is -2.62. The van der Waals surface area contributed by atoms with Crippen molar-refractivity contribution in [2.45, 2.75) is 126 Å². The monoisotopic (exact) mass is 1610 g/mol. The van der Waals surface area contributed by atoms with Crippen LogP contribution in [0, 0.1) is 11.8 Å². The van der Waals surface area contributed by atoms with E-state index in [1.807, 2.05) is 36.4 Å². The number of likely N-dealkylation sites (tertiary alicyclic amines) is 1. The van der Waals surface area contributed by atoms with Crippen LogP contribution < -0.4 is 38.1 Å². The average Bonchev–Trinajstić information content (AvgIpc) is 1.78. The van der Waals surface area contributed by atoms with Gasteiger partial charge in [-0.05, 0) is 116 Å². The highest BCUT2D eigenvalue weighted by atomic mass is 16.6. The van der Waals surface area contributed by atoms with Gasteiger partial charge in [0, 0.05) is 102 Å². The lowest BCUT2D eigenvalue weighted by Gasteiger charge is -2.33. The number of hydrogen-bond acceptors (Lipinski definition) is 25. The molecule has 4 aromatic rings. The Labute approximate surface area is 660 Å². The summed E-state index contributed by atoms with van der Waals surface area (Å²) in [6, 6.07) is 10.7. The van der Waals surface area contributed by atoms with Crippen molar-refractivity contribution < 1.29 is 117 Å². The molecular weight excluding hydrogens is 1510 g/mol. The average molecular weight is 1610 g/mol. The molecule has 12 rings (SSSR count). The number of nitrogens with one attached hydrogen (secondary N) is 5. The fourth-order valence-corrected chi connectivity index (χ4v) is 14.6. The number of benzene rings is 4. The van der Waals surface area contributed by atoms with E-state index in [2.05, 4.69) is 26.6 Å². The van der Waals surface area contributed by atoms with Gasteiger partial charge in [0.15, 0.2) is 6.04 Å². The molecule has 6 bridgehead atoms. The summed E-state index contributed by atoms with van der Waals surface area (Å²) in [5.41, 5.74) is 13.9. The fraction of sp³-hybridized carbons (Fsp3) is 0.513. The van der Waals surface area contributed by atoms with Crippen molar-refractivity contribution in [1.29, 1.82) is 0 Å². The van der Waals surface area contributed by atoms with Crippen molar-refractivity contribution in [3.05, 3.63) is 108 Å². The van der Waals surface area contributed by atoms with E-state index in [4.69, 9.17) is 25.7 Å². The van der Waals surface area contributed by atoms with Crippen molar-refractivity contribution >= 4 is 112 Å². The molecule has 8 aliphatic rings. The summed E-state index contributed by atoms with van der Waals surface area (Å²) in [6.07, 6.45) is -4.07. The number of urea groups is 1. The van der Waals surface area contributed by atoms with E-state index in [1.165, 1.54) is 65.3 Å². The molecule has 39 heteroatoms. The van der Waals surface area contributed by atoms with Crippen LogP contribution in [0.4, 0.5) is 25.8 Å². The number of carboxylic acids is 6. The van der Waals surface area contributed by atoms with Crippen molar-refractivity contribution in [2.24, 2.45) is 23.3 Å². The Balaban J connectivity index is 0.934. The first-order valence-electron chi connectivity index (χ1n) is 37.8. The summed E-state index contributed by atoms with van der Waals surface area (Å²) in [5, 5.41) is 76.1. The molecule has 0 aromatic heterocycles. The lowest BCUT2D eigenvalue weighted by molar-refractivity contribution is -0.144. The zero-order valence-electron chi connectivity index (χ0n) is 63.5. The standard InChI is InChI=1S/C76H99N15O24/c1-45(77)70(104)89-37-52-34-59(89)69(103)83-54-17-11-47(12-18-54)43-114-76(112)91(74(110)90(58(72(106)107)20-21-62(93)94)75(111)113-42-46-9-15-53(16-10-46)82-68(102)57-7-4-22-88(57)71(105)66(52)78)60(73(108)109)36-80-67(101)56(33-48-8-14-50-5-2-3-6-51(50)31-48)81-44-115-55-19-13-49(32-55)35-79-61(92)38-84-23-25-85(39-63(95)96)27-29-87(41-65(99)100)30-28-86(26-24-84)40-64(97)98/h2-3,5-6,8-12,14-18,31,45,49,52,55-60,66,81H,4,7,13,19-30,32-44,77-78H2,1H3,(H,79,92)(H,80,101)(H,82,102)(H,83,103)(H,93,94)(H,95,96)(H,97,98)(H,99,100)(H,106,107)(H,108,109)/t45-,49-,52?,55?,56+,57+,58+,59+,60+,66-/m1/s1. The van der Waals surface area contributed by atoms with E-state index in [0.717, 1.165) is 10.8 Å². The molecule has 15 N–H and O–H groups in total. The van der Waals surface area contributed by atoms with Gasteiger partial charge in [0.05, 0.1) is 57.1 Å². The van der Waals surface area contributed by atoms with Gasteiger partial charge in [-0.2, -0.15) is 0 Å². The second kappa shape index (κ2) is 41.6. The molecule has 3 saturated heterocycles. The minimum absolute atomic E-state index is 0.0817. The van der Waals surface area contributed by atoms with E-state index in [-0.39, 0.29) is 168 Å². The van der Waals surface area contributed by atoms with Crippen LogP contribution in [0.1, 0.15) is 75.0 Å². The number of imide groups is 2. The molecule has 39 nitrogen and oxygen atoms in total. The predicted molar refractivity (Wildman–Crippen MR) is 406 cm³/mol. The number of carboxylic acid groups (broad SMARTS) is 6. The van der Waals surface area contributed by atoms with E-state index >= 15 is 4.79 Å². The van der Waals surface area contributed by atoms with Gasteiger partial charge in [-0.1, -0.05) is 66.7 Å². The van der Waals surface area contributed by atoms with E-state index in [9.17, 15) is 97.8 Å². The summed E-state index contributed by atoms with van der Waals surface area (Å²) in [5.74, 6) is -13.6. The van der Waals surface area contributed by atoms with Crippen LogP contribution in [-0.2, 0) is 91.4 Å². The fourth-order valence-electron chi connectivity index (χ4n) is 14.6. The highest BCUT2D eigenvalue weighted by Gasteiger charge is 2.49. The van der Waals surface area contributed by atoms with Gasteiger partial charge in [0.1, 0.15) is 31.3 Å². The number of rotatable bonds is 27. The molecule has 0 spiro atoms. The van der Waals surface area contributed by atoms with E-state index < -0.39 is 170 Å². The Morgan fingerprint density at radius 1 is 0.591 bits per heavy atom. The van der Waals surface area contributed by atoms with Crippen molar-refractivity contribution in [3.63, 3.8) is 0 Å². The molecular formula is C76H99N15O24. The summed E-state index contributed by atoms with van der Waals surface area (Å²) < 4.78 is 17.4. The number of carbonyl (C=O) groups is 15. The topological polar surface area (TPSA) is 543 Å². The van der Waals surface area contributed by atoms with Gasteiger partial charge < -0.3 is 87.4 Å². The van der Waals surface area contributed by atoms with Crippen LogP contribution in [0.5, 0.6) is 0 Å². The molecule has 1 aliphatic carbocycles. The number of nitrogens with two attached hydrogens (primary N) is 2. The molecule has 7 aliphatic heterocycles. The summed E-state index contributed by atoms with van der Waals surface area (Å²) in [4.78, 5) is 212. The van der Waals surface area contributed by atoms with Crippen molar-refractivity contribution in [2.75, 3.05) is 122 Å². The zero-order chi connectivity index (χ0) is 83.2. The Morgan fingerprint density at radius 2 is 1.11 bits per heavy atom. The molecule has 4 aromatic carbocycles.